The van der Waals surface area contributed by atoms with Crippen LogP contribution in [0.2, 0.25) is 0 Å². The van der Waals surface area contributed by atoms with Gasteiger partial charge in [0.2, 0.25) is 5.95 Å². The van der Waals surface area contributed by atoms with Crippen LogP contribution < -0.4 is 4.90 Å². The zero-order valence-electron chi connectivity index (χ0n) is 16.6. The molecular weight excluding hydrogens is 354 g/mol. The summed E-state index contributed by atoms with van der Waals surface area (Å²) in [6.07, 6.45) is 2.89. The molecule has 5 rings (SSSR count). The fourth-order valence-corrected chi connectivity index (χ4v) is 4.34. The number of hydrogen-bond donors (Lipinski definition) is 0. The fraction of sp³-hybridized carbons (Fsp3) is 0.476. The molecule has 2 atom stereocenters. The maximum Gasteiger partial charge on any atom is 0.227 e. The van der Waals surface area contributed by atoms with E-state index in [4.69, 9.17) is 9.47 Å². The fourth-order valence-electron chi connectivity index (χ4n) is 4.34. The summed E-state index contributed by atoms with van der Waals surface area (Å²) in [5.74, 6) is 1.68. The van der Waals surface area contributed by atoms with Gasteiger partial charge in [-0.1, -0.05) is 12.1 Å². The van der Waals surface area contributed by atoms with Crippen LogP contribution in [-0.2, 0) is 16.5 Å². The normalized spacial score (nSPS) is 25.1. The summed E-state index contributed by atoms with van der Waals surface area (Å²) in [5, 5.41) is 10.1. The summed E-state index contributed by atoms with van der Waals surface area (Å²) in [6.45, 7) is 7.18. The van der Waals surface area contributed by atoms with E-state index >= 15 is 0 Å². The van der Waals surface area contributed by atoms with Gasteiger partial charge in [-0.25, -0.2) is 0 Å². The van der Waals surface area contributed by atoms with Crippen molar-refractivity contribution < 1.29 is 9.47 Å². The molecule has 1 aromatic carbocycles. The van der Waals surface area contributed by atoms with Gasteiger partial charge in [0.25, 0.3) is 0 Å². The van der Waals surface area contributed by atoms with E-state index < -0.39 is 0 Å². The molecule has 7 heteroatoms. The topological polar surface area (TPSA) is 65.3 Å². The summed E-state index contributed by atoms with van der Waals surface area (Å²) in [5.41, 5.74) is 2.93. The number of nitrogens with zero attached hydrogens (tertiary/aromatic N) is 5. The standard InChI is InChI=1S/C21H25N5O2/c1-14-4-5-16-11-17(12-22-18(16)10-14)19-23-24-20(25(19)3)26-7-9-28-21(13-26)6-8-27-15(21)2/h4-5,10-12,15H,6-9,13H2,1-3H3. The van der Waals surface area contributed by atoms with Crippen molar-refractivity contribution in [2.24, 2.45) is 7.05 Å². The molecule has 0 amide bonds. The van der Waals surface area contributed by atoms with E-state index in [1.54, 1.807) is 0 Å². The minimum atomic E-state index is -0.243. The van der Waals surface area contributed by atoms with E-state index in [2.05, 4.69) is 62.8 Å². The van der Waals surface area contributed by atoms with Crippen molar-refractivity contribution in [3.8, 4) is 11.4 Å². The molecule has 2 unspecified atom stereocenters. The van der Waals surface area contributed by atoms with E-state index in [0.29, 0.717) is 6.61 Å². The molecule has 2 aliphatic rings. The van der Waals surface area contributed by atoms with E-state index in [1.807, 2.05) is 13.2 Å². The van der Waals surface area contributed by atoms with Crippen LogP contribution in [0.25, 0.3) is 22.3 Å². The minimum absolute atomic E-state index is 0.0937. The number of ether oxygens (including phenoxy) is 2. The average molecular weight is 379 g/mol. The number of benzene rings is 1. The van der Waals surface area contributed by atoms with E-state index in [1.165, 1.54) is 5.56 Å². The predicted molar refractivity (Wildman–Crippen MR) is 107 cm³/mol. The minimum Gasteiger partial charge on any atom is -0.375 e. The highest BCUT2D eigenvalue weighted by atomic mass is 16.6. The van der Waals surface area contributed by atoms with Crippen molar-refractivity contribution in [1.82, 2.24) is 19.7 Å². The second-order valence-electron chi connectivity index (χ2n) is 7.90. The molecule has 7 nitrogen and oxygen atoms in total. The molecule has 2 aliphatic heterocycles. The van der Waals surface area contributed by atoms with Crippen LogP contribution >= 0.6 is 0 Å². The molecule has 0 aliphatic carbocycles. The lowest BCUT2D eigenvalue weighted by Gasteiger charge is -2.42. The molecule has 2 fully saturated rings. The van der Waals surface area contributed by atoms with Crippen molar-refractivity contribution in [3.05, 3.63) is 36.0 Å². The van der Waals surface area contributed by atoms with Crippen molar-refractivity contribution >= 4 is 16.9 Å². The van der Waals surface area contributed by atoms with Crippen LogP contribution in [0.1, 0.15) is 18.9 Å². The molecule has 1 spiro atoms. The summed E-state index contributed by atoms with van der Waals surface area (Å²) < 4.78 is 14.0. The third-order valence-electron chi connectivity index (χ3n) is 6.08. The molecule has 0 bridgehead atoms. The van der Waals surface area contributed by atoms with Gasteiger partial charge in [0.05, 0.1) is 24.8 Å². The number of anilines is 1. The summed E-state index contributed by atoms with van der Waals surface area (Å²) in [6, 6.07) is 8.43. The van der Waals surface area contributed by atoms with Crippen LogP contribution in [-0.4, -0.2) is 57.8 Å². The quantitative estimate of drug-likeness (QED) is 0.682. The molecule has 2 saturated heterocycles. The molecule has 4 heterocycles. The first kappa shape index (κ1) is 17.6. The summed E-state index contributed by atoms with van der Waals surface area (Å²) in [7, 11) is 2.01. The highest BCUT2D eigenvalue weighted by Crippen LogP contribution is 2.35. The zero-order chi connectivity index (χ0) is 19.3. The van der Waals surface area contributed by atoms with Crippen LogP contribution in [0.3, 0.4) is 0 Å². The smallest absolute Gasteiger partial charge is 0.227 e. The van der Waals surface area contributed by atoms with Crippen molar-refractivity contribution in [2.45, 2.75) is 32.0 Å². The Labute approximate surface area is 164 Å². The zero-order valence-corrected chi connectivity index (χ0v) is 16.6. The average Bonchev–Trinajstić information content (AvgIpc) is 3.24. The second-order valence-corrected chi connectivity index (χ2v) is 7.90. The SMILES string of the molecule is Cc1ccc2cc(-c3nnc(N4CCOC5(CCOC5C)C4)n3C)cnc2c1. The third kappa shape index (κ3) is 2.77. The van der Waals surface area contributed by atoms with Gasteiger partial charge in [0.15, 0.2) is 5.82 Å². The molecule has 2 aromatic heterocycles. The Kier molecular flexibility index (Phi) is 4.10. The van der Waals surface area contributed by atoms with Gasteiger partial charge in [0.1, 0.15) is 5.60 Å². The Morgan fingerprint density at radius 2 is 2.07 bits per heavy atom. The lowest BCUT2D eigenvalue weighted by molar-refractivity contribution is -0.0922. The van der Waals surface area contributed by atoms with E-state index in [-0.39, 0.29) is 11.7 Å². The number of hydrogen-bond acceptors (Lipinski definition) is 6. The lowest BCUT2D eigenvalue weighted by atomic mass is 9.94. The van der Waals surface area contributed by atoms with Gasteiger partial charge in [-0.3, -0.25) is 9.55 Å². The molecule has 28 heavy (non-hydrogen) atoms. The highest BCUT2D eigenvalue weighted by molar-refractivity contribution is 5.83. The largest absolute Gasteiger partial charge is 0.375 e. The number of aromatic nitrogens is 4. The number of fused-ring (bicyclic) bond motifs is 1. The van der Waals surface area contributed by atoms with Crippen molar-refractivity contribution in [3.63, 3.8) is 0 Å². The first-order chi connectivity index (χ1) is 13.6. The second kappa shape index (κ2) is 6.53. The monoisotopic (exact) mass is 379 g/mol. The van der Waals surface area contributed by atoms with Crippen LogP contribution in [0, 0.1) is 6.92 Å². The van der Waals surface area contributed by atoms with Gasteiger partial charge < -0.3 is 14.4 Å². The van der Waals surface area contributed by atoms with Gasteiger partial charge in [-0.15, -0.1) is 10.2 Å². The molecule has 3 aromatic rings. The van der Waals surface area contributed by atoms with Gasteiger partial charge in [0, 0.05) is 43.8 Å². The maximum absolute atomic E-state index is 6.15. The maximum atomic E-state index is 6.15. The Morgan fingerprint density at radius 3 is 2.89 bits per heavy atom. The van der Waals surface area contributed by atoms with Crippen LogP contribution in [0.15, 0.2) is 30.5 Å². The molecule has 146 valence electrons. The Hall–Kier alpha value is -2.51. The number of rotatable bonds is 2. The third-order valence-corrected chi connectivity index (χ3v) is 6.08. The van der Waals surface area contributed by atoms with Gasteiger partial charge in [-0.05, 0) is 31.5 Å². The van der Waals surface area contributed by atoms with Crippen molar-refractivity contribution in [1.29, 1.82) is 0 Å². The first-order valence-electron chi connectivity index (χ1n) is 9.82. The number of pyridine rings is 1. The Balaban J connectivity index is 1.47. The molecule has 0 saturated carbocycles. The van der Waals surface area contributed by atoms with Crippen molar-refractivity contribution in [2.75, 3.05) is 31.2 Å². The van der Waals surface area contributed by atoms with Crippen LogP contribution in [0.4, 0.5) is 5.95 Å². The Bertz CT molecular complexity index is 1030. The summed E-state index contributed by atoms with van der Waals surface area (Å²) in [4.78, 5) is 6.88. The molecule has 0 radical (unpaired) electrons. The number of morpholine rings is 1. The Morgan fingerprint density at radius 1 is 1.18 bits per heavy atom. The van der Waals surface area contributed by atoms with Crippen LogP contribution in [0.5, 0.6) is 0 Å². The van der Waals surface area contributed by atoms with Gasteiger partial charge in [-0.2, -0.15) is 0 Å². The predicted octanol–water partition coefficient (Wildman–Crippen LogP) is 2.72. The van der Waals surface area contributed by atoms with E-state index in [0.717, 1.165) is 54.4 Å². The number of aryl methyl sites for hydroxylation is 1. The van der Waals surface area contributed by atoms with Gasteiger partial charge >= 0.3 is 0 Å². The molecular formula is C21H25N5O2. The summed E-state index contributed by atoms with van der Waals surface area (Å²) >= 11 is 0. The lowest BCUT2D eigenvalue weighted by Crippen LogP contribution is -2.56. The first-order valence-corrected chi connectivity index (χ1v) is 9.82. The van der Waals surface area contributed by atoms with E-state index in [9.17, 15) is 0 Å². The highest BCUT2D eigenvalue weighted by Gasteiger charge is 2.46. The molecule has 0 N–H and O–H groups in total.